The number of amides is 2. The molecule has 34 heavy (non-hydrogen) atoms. The van der Waals surface area contributed by atoms with Crippen molar-refractivity contribution in [2.75, 3.05) is 13.2 Å². The molecule has 2 N–H and O–H groups in total. The molecule has 3 aromatic rings. The average Bonchev–Trinajstić information content (AvgIpc) is 2.82. The van der Waals surface area contributed by atoms with E-state index in [0.29, 0.717) is 24.3 Å². The Bertz CT molecular complexity index is 1120. The number of aromatic nitrogens is 1. The molecule has 0 fully saturated rings. The van der Waals surface area contributed by atoms with Crippen LogP contribution in [0.4, 0.5) is 13.2 Å². The Labute approximate surface area is 192 Å². The van der Waals surface area contributed by atoms with Crippen molar-refractivity contribution < 1.29 is 37.0 Å². The Morgan fingerprint density at radius 3 is 2.18 bits per heavy atom. The zero-order valence-corrected chi connectivity index (χ0v) is 17.9. The molecule has 0 aliphatic rings. The van der Waals surface area contributed by atoms with E-state index in [1.807, 2.05) is 6.92 Å². The molecular formula is C23H20F3N3O5. The summed E-state index contributed by atoms with van der Waals surface area (Å²) in [5.41, 5.74) is 3.81. The normalized spacial score (nSPS) is 10.8. The first-order valence-corrected chi connectivity index (χ1v) is 10.0. The maximum atomic E-state index is 12.6. The number of ether oxygens (including phenoxy) is 3. The van der Waals surface area contributed by atoms with E-state index >= 15 is 0 Å². The van der Waals surface area contributed by atoms with Crippen LogP contribution in [0.2, 0.25) is 0 Å². The summed E-state index contributed by atoms with van der Waals surface area (Å²) in [7, 11) is 0. The van der Waals surface area contributed by atoms with Gasteiger partial charge in [-0.3, -0.25) is 20.4 Å². The smallest absolute Gasteiger partial charge is 0.417 e. The predicted octanol–water partition coefficient (Wildman–Crippen LogP) is 4.13. The molecule has 0 saturated carbocycles. The van der Waals surface area contributed by atoms with Crippen molar-refractivity contribution in [1.29, 1.82) is 0 Å². The van der Waals surface area contributed by atoms with Crippen molar-refractivity contribution >= 4 is 11.8 Å². The molecule has 8 nitrogen and oxygen atoms in total. The van der Waals surface area contributed by atoms with Gasteiger partial charge in [0.2, 0.25) is 5.88 Å². The van der Waals surface area contributed by atoms with E-state index in [1.54, 1.807) is 24.3 Å². The number of carbonyl (C=O) groups excluding carboxylic acids is 2. The maximum Gasteiger partial charge on any atom is 0.417 e. The van der Waals surface area contributed by atoms with Crippen LogP contribution in [-0.2, 0) is 11.0 Å². The Balaban J connectivity index is 1.47. The van der Waals surface area contributed by atoms with E-state index in [-0.39, 0.29) is 23.8 Å². The van der Waals surface area contributed by atoms with Gasteiger partial charge in [-0.15, -0.1) is 0 Å². The van der Waals surface area contributed by atoms with Gasteiger partial charge >= 0.3 is 6.18 Å². The zero-order valence-electron chi connectivity index (χ0n) is 17.9. The molecule has 0 aliphatic heterocycles. The summed E-state index contributed by atoms with van der Waals surface area (Å²) in [5.74, 6) is -0.0765. The van der Waals surface area contributed by atoms with Crippen LogP contribution in [0.5, 0.6) is 23.1 Å². The van der Waals surface area contributed by atoms with Crippen LogP contribution in [0.25, 0.3) is 0 Å². The quantitative estimate of drug-likeness (QED) is 0.476. The highest BCUT2D eigenvalue weighted by Crippen LogP contribution is 2.30. The number of hydrogen-bond donors (Lipinski definition) is 2. The van der Waals surface area contributed by atoms with Crippen molar-refractivity contribution in [3.05, 3.63) is 78.0 Å². The van der Waals surface area contributed by atoms with Crippen molar-refractivity contribution in [3.63, 3.8) is 0 Å². The van der Waals surface area contributed by atoms with E-state index in [2.05, 4.69) is 15.8 Å². The predicted molar refractivity (Wildman–Crippen MR) is 114 cm³/mol. The minimum absolute atomic E-state index is 0.0385. The molecule has 0 radical (unpaired) electrons. The number of rotatable bonds is 8. The Hall–Kier alpha value is -4.28. The first kappa shape index (κ1) is 24.4. The van der Waals surface area contributed by atoms with Crippen molar-refractivity contribution in [3.8, 4) is 23.1 Å². The molecule has 1 heterocycles. The first-order chi connectivity index (χ1) is 16.3. The number of halogens is 3. The van der Waals surface area contributed by atoms with E-state index < -0.39 is 23.6 Å². The van der Waals surface area contributed by atoms with Gasteiger partial charge in [-0.25, -0.2) is 4.98 Å². The molecule has 0 spiro atoms. The first-order valence-electron chi connectivity index (χ1n) is 10.0. The fourth-order valence-corrected chi connectivity index (χ4v) is 2.63. The number of nitrogens with one attached hydrogen (secondary N) is 2. The maximum absolute atomic E-state index is 12.6. The van der Waals surface area contributed by atoms with Crippen LogP contribution < -0.4 is 25.1 Å². The molecule has 11 heteroatoms. The lowest BCUT2D eigenvalue weighted by Gasteiger charge is -2.12. The average molecular weight is 475 g/mol. The number of hydrogen-bond acceptors (Lipinski definition) is 6. The summed E-state index contributed by atoms with van der Waals surface area (Å²) in [5, 5.41) is 0. The van der Waals surface area contributed by atoms with Gasteiger partial charge in [0.05, 0.1) is 12.2 Å². The molecule has 0 bridgehead atoms. The minimum Gasteiger partial charge on any atom is -0.490 e. The summed E-state index contributed by atoms with van der Waals surface area (Å²) in [6.07, 6.45) is -3.82. The van der Waals surface area contributed by atoms with Gasteiger partial charge in [-0.1, -0.05) is 12.1 Å². The van der Waals surface area contributed by atoms with Gasteiger partial charge in [0.1, 0.15) is 5.75 Å². The summed E-state index contributed by atoms with van der Waals surface area (Å²) in [4.78, 5) is 27.8. The van der Waals surface area contributed by atoms with E-state index in [9.17, 15) is 22.8 Å². The Kier molecular flexibility index (Phi) is 7.91. The van der Waals surface area contributed by atoms with Gasteiger partial charge in [0.15, 0.2) is 18.1 Å². The lowest BCUT2D eigenvalue weighted by Crippen LogP contribution is -2.43. The van der Waals surface area contributed by atoms with Crippen LogP contribution in [0.15, 0.2) is 66.9 Å². The van der Waals surface area contributed by atoms with Gasteiger partial charge < -0.3 is 14.2 Å². The Morgan fingerprint density at radius 1 is 0.912 bits per heavy atom. The van der Waals surface area contributed by atoms with Gasteiger partial charge in [-0.05, 0) is 49.4 Å². The number of pyridine rings is 1. The van der Waals surface area contributed by atoms with Crippen LogP contribution in [0, 0.1) is 0 Å². The molecule has 1 aromatic heterocycles. The molecule has 3 rings (SSSR count). The third-order valence-corrected chi connectivity index (χ3v) is 4.23. The van der Waals surface area contributed by atoms with E-state index in [1.165, 1.54) is 24.3 Å². The number of alkyl halides is 3. The standard InChI is InChI=1S/C23H20F3N3O5/c1-2-32-18-5-3-4-6-19(18)33-14-20(30)28-29-22(31)15-7-10-17(11-8-15)34-21-12-9-16(13-27-21)23(24,25)26/h3-13H,2,14H2,1H3,(H,28,30)(H,29,31). The van der Waals surface area contributed by atoms with Crippen molar-refractivity contribution in [2.45, 2.75) is 13.1 Å². The minimum atomic E-state index is -4.49. The van der Waals surface area contributed by atoms with Gasteiger partial charge in [0, 0.05) is 17.8 Å². The molecule has 0 unspecified atom stereocenters. The molecule has 0 aliphatic carbocycles. The third-order valence-electron chi connectivity index (χ3n) is 4.23. The third kappa shape index (κ3) is 6.86. The van der Waals surface area contributed by atoms with Crippen LogP contribution >= 0.6 is 0 Å². The van der Waals surface area contributed by atoms with Crippen LogP contribution in [-0.4, -0.2) is 30.0 Å². The van der Waals surface area contributed by atoms with Crippen LogP contribution in [0.1, 0.15) is 22.8 Å². The second kappa shape index (κ2) is 11.0. The zero-order chi connectivity index (χ0) is 24.6. The second-order valence-corrected chi connectivity index (χ2v) is 6.68. The topological polar surface area (TPSA) is 98.8 Å². The fraction of sp³-hybridized carbons (Fsp3) is 0.174. The molecule has 0 saturated heterocycles. The van der Waals surface area contributed by atoms with E-state index in [4.69, 9.17) is 14.2 Å². The lowest BCUT2D eigenvalue weighted by atomic mass is 10.2. The Morgan fingerprint density at radius 2 is 1.59 bits per heavy atom. The summed E-state index contributed by atoms with van der Waals surface area (Å²) in [6.45, 7) is 1.91. The largest absolute Gasteiger partial charge is 0.490 e. The number of benzene rings is 2. The monoisotopic (exact) mass is 475 g/mol. The lowest BCUT2D eigenvalue weighted by molar-refractivity contribution is -0.137. The van der Waals surface area contributed by atoms with E-state index in [0.717, 1.165) is 12.1 Å². The highest BCUT2D eigenvalue weighted by atomic mass is 19.4. The number of carbonyl (C=O) groups is 2. The summed E-state index contributed by atoms with van der Waals surface area (Å²) in [6, 6.07) is 14.5. The molecule has 0 atom stereocenters. The van der Waals surface area contributed by atoms with Gasteiger partial charge in [0.25, 0.3) is 11.8 Å². The van der Waals surface area contributed by atoms with Crippen LogP contribution in [0.3, 0.4) is 0 Å². The molecule has 2 amide bonds. The molecule has 178 valence electrons. The summed E-state index contributed by atoms with van der Waals surface area (Å²) < 4.78 is 54.0. The number of nitrogens with zero attached hydrogens (tertiary/aromatic N) is 1. The van der Waals surface area contributed by atoms with Crippen molar-refractivity contribution in [2.24, 2.45) is 0 Å². The SMILES string of the molecule is CCOc1ccccc1OCC(=O)NNC(=O)c1ccc(Oc2ccc(C(F)(F)F)cn2)cc1. The number of hydrazine groups is 1. The highest BCUT2D eigenvalue weighted by molar-refractivity contribution is 5.95. The van der Waals surface area contributed by atoms with Gasteiger partial charge in [-0.2, -0.15) is 13.2 Å². The second-order valence-electron chi connectivity index (χ2n) is 6.68. The molecular weight excluding hydrogens is 455 g/mol. The summed E-state index contributed by atoms with van der Waals surface area (Å²) >= 11 is 0. The number of para-hydroxylation sites is 2. The highest BCUT2D eigenvalue weighted by Gasteiger charge is 2.30. The fourth-order valence-electron chi connectivity index (χ4n) is 2.63. The van der Waals surface area contributed by atoms with Crippen molar-refractivity contribution in [1.82, 2.24) is 15.8 Å². The molecule has 2 aromatic carbocycles.